The van der Waals surface area contributed by atoms with Crippen LogP contribution >= 0.6 is 0 Å². The summed E-state index contributed by atoms with van der Waals surface area (Å²) in [4.78, 5) is 15.7. The molecule has 0 spiro atoms. The van der Waals surface area contributed by atoms with Crippen LogP contribution < -0.4 is 4.72 Å². The molecule has 1 amide bonds. The zero-order valence-corrected chi connectivity index (χ0v) is 17.0. The van der Waals surface area contributed by atoms with Gasteiger partial charge in [0.05, 0.1) is 17.0 Å². The largest absolute Gasteiger partial charge is 0.416 e. The van der Waals surface area contributed by atoms with Crippen LogP contribution in [0.2, 0.25) is 0 Å². The van der Waals surface area contributed by atoms with E-state index in [9.17, 15) is 26.4 Å². The van der Waals surface area contributed by atoms with Crippen LogP contribution in [0.1, 0.15) is 32.8 Å². The van der Waals surface area contributed by atoms with Crippen molar-refractivity contribution in [1.29, 1.82) is 0 Å². The zero-order chi connectivity index (χ0) is 21.2. The number of carbonyl (C=O) groups is 1. The van der Waals surface area contributed by atoms with Crippen LogP contribution in [0.5, 0.6) is 0 Å². The molecule has 0 aliphatic carbocycles. The molecular formula is C18H26F3N3O3S. The Bertz CT molecular complexity index is 804. The van der Waals surface area contributed by atoms with E-state index in [0.717, 1.165) is 31.2 Å². The SMILES string of the molecule is CC(C)(C)N1CCCN(C(=O)CNS(=O)(=O)c2cccc(C(F)(F)F)c2)CC1. The molecule has 0 unspecified atom stereocenters. The minimum atomic E-state index is -4.65. The Morgan fingerprint density at radius 1 is 1.11 bits per heavy atom. The van der Waals surface area contributed by atoms with Crippen molar-refractivity contribution in [2.24, 2.45) is 0 Å². The summed E-state index contributed by atoms with van der Waals surface area (Å²) in [5.74, 6) is -0.397. The van der Waals surface area contributed by atoms with E-state index < -0.39 is 39.1 Å². The van der Waals surface area contributed by atoms with Gasteiger partial charge in [0.1, 0.15) is 0 Å². The van der Waals surface area contributed by atoms with Gasteiger partial charge in [-0.1, -0.05) is 6.07 Å². The highest BCUT2D eigenvalue weighted by atomic mass is 32.2. The molecule has 1 saturated heterocycles. The topological polar surface area (TPSA) is 69.7 Å². The van der Waals surface area contributed by atoms with E-state index in [-0.39, 0.29) is 5.54 Å². The van der Waals surface area contributed by atoms with Gasteiger partial charge in [0.25, 0.3) is 0 Å². The summed E-state index contributed by atoms with van der Waals surface area (Å²) in [6.07, 6.45) is -3.88. The zero-order valence-electron chi connectivity index (χ0n) is 16.2. The summed E-state index contributed by atoms with van der Waals surface area (Å²) in [6.45, 7) is 8.28. The standard InChI is InChI=1S/C18H26F3N3O3S/c1-17(2,3)24-9-5-8-23(10-11-24)16(25)13-22-28(26,27)15-7-4-6-14(12-15)18(19,20)21/h4,6-7,12,22H,5,8-11,13H2,1-3H3. The van der Waals surface area contributed by atoms with Crippen LogP contribution in [0.4, 0.5) is 13.2 Å². The molecule has 1 aromatic carbocycles. The lowest BCUT2D eigenvalue weighted by Crippen LogP contribution is -2.45. The molecule has 10 heteroatoms. The molecule has 1 aliphatic rings. The second kappa shape index (κ2) is 8.38. The minimum Gasteiger partial charge on any atom is -0.340 e. The molecule has 1 N–H and O–H groups in total. The van der Waals surface area contributed by atoms with E-state index in [1.807, 2.05) is 0 Å². The third-order valence-electron chi connectivity index (χ3n) is 4.68. The van der Waals surface area contributed by atoms with Crippen molar-refractivity contribution in [3.8, 4) is 0 Å². The Labute approximate surface area is 163 Å². The lowest BCUT2D eigenvalue weighted by atomic mass is 10.1. The number of carbonyl (C=O) groups excluding carboxylic acids is 1. The van der Waals surface area contributed by atoms with E-state index in [1.54, 1.807) is 4.90 Å². The molecule has 1 fully saturated rings. The molecule has 6 nitrogen and oxygen atoms in total. The maximum atomic E-state index is 12.8. The summed E-state index contributed by atoms with van der Waals surface area (Å²) in [5, 5.41) is 0. The van der Waals surface area contributed by atoms with Gasteiger partial charge < -0.3 is 4.90 Å². The second-order valence-electron chi connectivity index (χ2n) is 7.74. The first-order valence-electron chi connectivity index (χ1n) is 9.00. The maximum Gasteiger partial charge on any atom is 0.416 e. The lowest BCUT2D eigenvalue weighted by Gasteiger charge is -2.34. The number of benzene rings is 1. The quantitative estimate of drug-likeness (QED) is 0.810. The molecule has 0 radical (unpaired) electrons. The lowest BCUT2D eigenvalue weighted by molar-refractivity contribution is -0.137. The number of sulfonamides is 1. The van der Waals surface area contributed by atoms with Crippen LogP contribution in [0.25, 0.3) is 0 Å². The van der Waals surface area contributed by atoms with Crippen molar-refractivity contribution in [1.82, 2.24) is 14.5 Å². The van der Waals surface area contributed by atoms with Gasteiger partial charge in [-0.05, 0) is 45.4 Å². The number of halogens is 3. The van der Waals surface area contributed by atoms with Crippen LogP contribution in [-0.2, 0) is 21.0 Å². The molecule has 28 heavy (non-hydrogen) atoms. The first-order chi connectivity index (χ1) is 12.8. The number of nitrogens with zero attached hydrogens (tertiary/aromatic N) is 2. The molecule has 2 rings (SSSR count). The van der Waals surface area contributed by atoms with Gasteiger partial charge in [-0.2, -0.15) is 13.2 Å². The highest BCUT2D eigenvalue weighted by molar-refractivity contribution is 7.89. The number of rotatable bonds is 4. The first kappa shape index (κ1) is 22.6. The normalized spacial score (nSPS) is 17.4. The predicted octanol–water partition coefficient (Wildman–Crippen LogP) is 2.32. The maximum absolute atomic E-state index is 12.8. The third kappa shape index (κ3) is 5.92. The Hall–Kier alpha value is -1.65. The average Bonchev–Trinajstić information content (AvgIpc) is 2.85. The summed E-state index contributed by atoms with van der Waals surface area (Å²) >= 11 is 0. The Balaban J connectivity index is 2.00. The van der Waals surface area contributed by atoms with Crippen molar-refractivity contribution in [2.75, 3.05) is 32.7 Å². The number of alkyl halides is 3. The van der Waals surface area contributed by atoms with Crippen molar-refractivity contribution in [3.05, 3.63) is 29.8 Å². The highest BCUT2D eigenvalue weighted by Gasteiger charge is 2.32. The fourth-order valence-electron chi connectivity index (χ4n) is 3.03. The third-order valence-corrected chi connectivity index (χ3v) is 6.08. The van der Waals surface area contributed by atoms with Gasteiger partial charge in [-0.15, -0.1) is 0 Å². The van der Waals surface area contributed by atoms with E-state index in [2.05, 4.69) is 30.4 Å². The number of nitrogens with one attached hydrogen (secondary N) is 1. The monoisotopic (exact) mass is 421 g/mol. The molecule has 0 bridgehead atoms. The fourth-order valence-corrected chi connectivity index (χ4v) is 4.05. The number of amides is 1. The molecule has 158 valence electrons. The van der Waals surface area contributed by atoms with Crippen molar-refractivity contribution in [2.45, 2.75) is 43.8 Å². The van der Waals surface area contributed by atoms with Crippen LogP contribution in [0.15, 0.2) is 29.2 Å². The van der Waals surface area contributed by atoms with Gasteiger partial charge in [0, 0.05) is 31.7 Å². The fraction of sp³-hybridized carbons (Fsp3) is 0.611. The van der Waals surface area contributed by atoms with Crippen LogP contribution in [-0.4, -0.2) is 62.4 Å². The minimum absolute atomic E-state index is 0.0237. The van der Waals surface area contributed by atoms with Crippen molar-refractivity contribution in [3.63, 3.8) is 0 Å². The number of hydrogen-bond donors (Lipinski definition) is 1. The van der Waals surface area contributed by atoms with E-state index in [0.29, 0.717) is 25.7 Å². The van der Waals surface area contributed by atoms with E-state index >= 15 is 0 Å². The Morgan fingerprint density at radius 3 is 2.39 bits per heavy atom. The molecule has 0 saturated carbocycles. The number of hydrogen-bond acceptors (Lipinski definition) is 4. The molecule has 0 aromatic heterocycles. The summed E-state index contributed by atoms with van der Waals surface area (Å²) in [6, 6.07) is 3.44. The average molecular weight is 421 g/mol. The van der Waals surface area contributed by atoms with E-state index in [1.165, 1.54) is 0 Å². The molecule has 1 heterocycles. The van der Waals surface area contributed by atoms with E-state index in [4.69, 9.17) is 0 Å². The van der Waals surface area contributed by atoms with Gasteiger partial charge in [0.2, 0.25) is 15.9 Å². The van der Waals surface area contributed by atoms with Crippen LogP contribution in [0, 0.1) is 0 Å². The summed E-state index contributed by atoms with van der Waals surface area (Å²) in [7, 11) is -4.23. The van der Waals surface area contributed by atoms with Gasteiger partial charge in [0.15, 0.2) is 0 Å². The van der Waals surface area contributed by atoms with Gasteiger partial charge in [-0.3, -0.25) is 9.69 Å². The molecule has 0 atom stereocenters. The van der Waals surface area contributed by atoms with Crippen molar-refractivity contribution < 1.29 is 26.4 Å². The molecular weight excluding hydrogens is 395 g/mol. The summed E-state index contributed by atoms with van der Waals surface area (Å²) in [5.41, 5.74) is -1.08. The predicted molar refractivity (Wildman–Crippen MR) is 99.2 cm³/mol. The van der Waals surface area contributed by atoms with Crippen LogP contribution in [0.3, 0.4) is 0 Å². The molecule has 1 aliphatic heterocycles. The highest BCUT2D eigenvalue weighted by Crippen LogP contribution is 2.30. The summed E-state index contributed by atoms with van der Waals surface area (Å²) < 4.78 is 65.1. The Morgan fingerprint density at radius 2 is 1.79 bits per heavy atom. The van der Waals surface area contributed by atoms with Crippen molar-refractivity contribution >= 4 is 15.9 Å². The van der Waals surface area contributed by atoms with Gasteiger partial charge >= 0.3 is 6.18 Å². The second-order valence-corrected chi connectivity index (χ2v) is 9.51. The smallest absolute Gasteiger partial charge is 0.340 e. The van der Waals surface area contributed by atoms with Gasteiger partial charge in [-0.25, -0.2) is 13.1 Å². The Kier molecular flexibility index (Phi) is 6.78. The first-order valence-corrected chi connectivity index (χ1v) is 10.5. The molecule has 1 aromatic rings.